The zero-order valence-electron chi connectivity index (χ0n) is 14.6. The van der Waals surface area contributed by atoms with E-state index in [1.54, 1.807) is 23.7 Å². The Balaban J connectivity index is 1.50. The third-order valence-corrected chi connectivity index (χ3v) is 4.57. The van der Waals surface area contributed by atoms with Crippen molar-refractivity contribution in [2.45, 2.75) is 6.92 Å². The maximum Gasteiger partial charge on any atom is 0.222 e. The highest BCUT2D eigenvalue weighted by Gasteiger charge is 2.18. The van der Waals surface area contributed by atoms with Gasteiger partial charge in [0.25, 0.3) is 0 Å². The van der Waals surface area contributed by atoms with Crippen molar-refractivity contribution in [1.82, 2.24) is 15.0 Å². The molecule has 27 heavy (non-hydrogen) atoms. The first kappa shape index (κ1) is 17.2. The number of halogens is 1. The second kappa shape index (κ2) is 7.21. The summed E-state index contributed by atoms with van der Waals surface area (Å²) in [5.74, 6) is 0.422. The second-order valence-electron chi connectivity index (χ2n) is 6.13. The molecule has 134 valence electrons. The van der Waals surface area contributed by atoms with Gasteiger partial charge in [-0.15, -0.1) is 5.10 Å². The molecule has 0 aliphatic carbocycles. The van der Waals surface area contributed by atoms with Crippen molar-refractivity contribution < 1.29 is 9.53 Å². The highest BCUT2D eigenvalue weighted by atomic mass is 35.5. The summed E-state index contributed by atoms with van der Waals surface area (Å²) in [4.78, 5) is 12.5. The lowest BCUT2D eigenvalue weighted by Crippen LogP contribution is -2.13. The summed E-state index contributed by atoms with van der Waals surface area (Å²) in [6.45, 7) is 1.70. The van der Waals surface area contributed by atoms with Gasteiger partial charge in [-0.05, 0) is 54.1 Å². The number of Topliss-reactive ketones (excluding diaryl/α,β-unsaturated/α-hetero) is 1. The SMILES string of the molecule is Cc1c(C(=O)COc2ccc3ccccc3c2)nnn1-c1ccc(Cl)cc1. The van der Waals surface area contributed by atoms with Crippen LogP contribution in [0.3, 0.4) is 0 Å². The zero-order chi connectivity index (χ0) is 18.8. The Morgan fingerprint density at radius 2 is 1.78 bits per heavy atom. The predicted molar refractivity (Wildman–Crippen MR) is 105 cm³/mol. The minimum Gasteiger partial charge on any atom is -0.485 e. The summed E-state index contributed by atoms with van der Waals surface area (Å²) in [6.07, 6.45) is 0. The van der Waals surface area contributed by atoms with Gasteiger partial charge in [0.2, 0.25) is 5.78 Å². The quantitative estimate of drug-likeness (QED) is 0.475. The van der Waals surface area contributed by atoms with E-state index in [-0.39, 0.29) is 12.4 Å². The topological polar surface area (TPSA) is 57.0 Å². The normalized spacial score (nSPS) is 10.9. The summed E-state index contributed by atoms with van der Waals surface area (Å²) in [7, 11) is 0. The van der Waals surface area contributed by atoms with Gasteiger partial charge in [-0.3, -0.25) is 4.79 Å². The van der Waals surface area contributed by atoms with E-state index >= 15 is 0 Å². The lowest BCUT2D eigenvalue weighted by atomic mass is 10.1. The van der Waals surface area contributed by atoms with Gasteiger partial charge < -0.3 is 4.74 Å². The molecule has 5 nitrogen and oxygen atoms in total. The molecule has 0 radical (unpaired) electrons. The van der Waals surface area contributed by atoms with Gasteiger partial charge in [0.15, 0.2) is 12.3 Å². The lowest BCUT2D eigenvalue weighted by Gasteiger charge is -2.07. The van der Waals surface area contributed by atoms with Crippen molar-refractivity contribution in [1.29, 1.82) is 0 Å². The van der Waals surface area contributed by atoms with Crippen LogP contribution in [0.1, 0.15) is 16.2 Å². The van der Waals surface area contributed by atoms with E-state index in [9.17, 15) is 4.79 Å². The highest BCUT2D eigenvalue weighted by Crippen LogP contribution is 2.21. The molecule has 0 saturated carbocycles. The van der Waals surface area contributed by atoms with Gasteiger partial charge in [-0.2, -0.15) is 0 Å². The first-order chi connectivity index (χ1) is 13.1. The molecule has 0 fully saturated rings. The molecule has 0 unspecified atom stereocenters. The van der Waals surface area contributed by atoms with Crippen molar-refractivity contribution in [3.05, 3.63) is 83.1 Å². The molecule has 6 heteroatoms. The van der Waals surface area contributed by atoms with Gasteiger partial charge in [0, 0.05) is 5.02 Å². The Bertz CT molecular complexity index is 1120. The van der Waals surface area contributed by atoms with E-state index in [1.165, 1.54) is 0 Å². The van der Waals surface area contributed by atoms with Crippen LogP contribution in [-0.2, 0) is 0 Å². The van der Waals surface area contributed by atoms with Gasteiger partial charge in [0.05, 0.1) is 11.4 Å². The summed E-state index contributed by atoms with van der Waals surface area (Å²) in [6, 6.07) is 20.9. The minimum atomic E-state index is -0.221. The fourth-order valence-corrected chi connectivity index (χ4v) is 3.01. The van der Waals surface area contributed by atoms with E-state index < -0.39 is 0 Å². The standard InChI is InChI=1S/C21H16ClN3O2/c1-14-21(23-24-25(14)18-9-7-17(22)8-10-18)20(26)13-27-19-11-6-15-4-2-3-5-16(15)12-19/h2-12H,13H2,1H3. The Morgan fingerprint density at radius 1 is 1.04 bits per heavy atom. The number of benzene rings is 3. The fraction of sp³-hybridized carbons (Fsp3) is 0.0952. The number of aromatic nitrogens is 3. The Morgan fingerprint density at radius 3 is 2.56 bits per heavy atom. The number of ether oxygens (including phenoxy) is 1. The van der Waals surface area contributed by atoms with Crippen LogP contribution in [0.25, 0.3) is 16.5 Å². The summed E-state index contributed by atoms with van der Waals surface area (Å²) < 4.78 is 7.28. The van der Waals surface area contributed by atoms with Crippen LogP contribution < -0.4 is 4.74 Å². The average molecular weight is 378 g/mol. The summed E-state index contributed by atoms with van der Waals surface area (Å²) in [5.41, 5.74) is 1.74. The number of carbonyl (C=O) groups is 1. The van der Waals surface area contributed by atoms with E-state index in [0.717, 1.165) is 16.5 Å². The molecular weight excluding hydrogens is 362 g/mol. The van der Waals surface area contributed by atoms with Crippen molar-refractivity contribution in [2.24, 2.45) is 0 Å². The number of ketones is 1. The van der Waals surface area contributed by atoms with E-state index in [4.69, 9.17) is 16.3 Å². The maximum absolute atomic E-state index is 12.5. The molecule has 0 atom stereocenters. The molecule has 4 rings (SSSR count). The molecule has 0 spiro atoms. The van der Waals surface area contributed by atoms with Crippen molar-refractivity contribution >= 4 is 28.2 Å². The van der Waals surface area contributed by atoms with Crippen LogP contribution in [0, 0.1) is 6.92 Å². The van der Waals surface area contributed by atoms with Crippen LogP contribution in [0.4, 0.5) is 0 Å². The fourth-order valence-electron chi connectivity index (χ4n) is 2.89. The molecule has 0 aliphatic rings. The smallest absolute Gasteiger partial charge is 0.222 e. The van der Waals surface area contributed by atoms with Crippen LogP contribution in [0.5, 0.6) is 5.75 Å². The maximum atomic E-state index is 12.5. The Kier molecular flexibility index (Phi) is 4.60. The largest absolute Gasteiger partial charge is 0.485 e. The average Bonchev–Trinajstić information content (AvgIpc) is 3.08. The molecule has 1 heterocycles. The zero-order valence-corrected chi connectivity index (χ0v) is 15.3. The number of carbonyl (C=O) groups excluding carboxylic acids is 1. The molecule has 3 aromatic carbocycles. The van der Waals surface area contributed by atoms with Gasteiger partial charge in [-0.1, -0.05) is 47.1 Å². The van der Waals surface area contributed by atoms with E-state index in [1.807, 2.05) is 54.6 Å². The van der Waals surface area contributed by atoms with Crippen LogP contribution in [-0.4, -0.2) is 27.4 Å². The van der Waals surface area contributed by atoms with Crippen molar-refractivity contribution in [2.75, 3.05) is 6.61 Å². The number of nitrogens with zero attached hydrogens (tertiary/aromatic N) is 3. The molecule has 0 amide bonds. The first-order valence-corrected chi connectivity index (χ1v) is 8.82. The first-order valence-electron chi connectivity index (χ1n) is 8.45. The monoisotopic (exact) mass is 377 g/mol. The third-order valence-electron chi connectivity index (χ3n) is 4.32. The third kappa shape index (κ3) is 3.55. The lowest BCUT2D eigenvalue weighted by molar-refractivity contribution is 0.0916. The number of hydrogen-bond donors (Lipinski definition) is 0. The van der Waals surface area contributed by atoms with Crippen LogP contribution in [0.15, 0.2) is 66.7 Å². The Labute approximate surface area is 161 Å². The van der Waals surface area contributed by atoms with E-state index in [0.29, 0.717) is 22.2 Å². The minimum absolute atomic E-state index is 0.0987. The molecule has 4 aromatic rings. The van der Waals surface area contributed by atoms with Crippen molar-refractivity contribution in [3.63, 3.8) is 0 Å². The predicted octanol–water partition coefficient (Wildman–Crippen LogP) is 4.64. The van der Waals surface area contributed by atoms with Crippen LogP contribution >= 0.6 is 11.6 Å². The molecule has 0 N–H and O–H groups in total. The van der Waals surface area contributed by atoms with Gasteiger partial charge in [0.1, 0.15) is 5.75 Å². The molecule has 0 saturated heterocycles. The number of fused-ring (bicyclic) bond motifs is 1. The highest BCUT2D eigenvalue weighted by molar-refractivity contribution is 6.30. The molecule has 0 aliphatic heterocycles. The number of rotatable bonds is 5. The number of hydrogen-bond acceptors (Lipinski definition) is 4. The van der Waals surface area contributed by atoms with Gasteiger partial charge >= 0.3 is 0 Å². The van der Waals surface area contributed by atoms with E-state index in [2.05, 4.69) is 10.3 Å². The summed E-state index contributed by atoms with van der Waals surface area (Å²) in [5, 5.41) is 10.9. The van der Waals surface area contributed by atoms with Crippen molar-refractivity contribution in [3.8, 4) is 11.4 Å². The molecule has 1 aromatic heterocycles. The Hall–Kier alpha value is -3.18. The summed E-state index contributed by atoms with van der Waals surface area (Å²) >= 11 is 5.91. The molecular formula is C21H16ClN3O2. The van der Waals surface area contributed by atoms with Crippen LogP contribution in [0.2, 0.25) is 5.02 Å². The second-order valence-corrected chi connectivity index (χ2v) is 6.57. The molecule has 0 bridgehead atoms. The van der Waals surface area contributed by atoms with Gasteiger partial charge in [-0.25, -0.2) is 4.68 Å².